The summed E-state index contributed by atoms with van der Waals surface area (Å²) in [6, 6.07) is 2.69. The maximum absolute atomic E-state index is 12.6. The van der Waals surface area contributed by atoms with Gasteiger partial charge in [-0.05, 0) is 28.1 Å². The number of nitrogens with zero attached hydrogens (tertiary/aromatic N) is 2. The minimum Gasteiger partial charge on any atom is -0.481 e. The van der Waals surface area contributed by atoms with Crippen LogP contribution < -0.4 is 4.90 Å². The highest BCUT2D eigenvalue weighted by Crippen LogP contribution is 2.35. The molecule has 0 spiro atoms. The highest BCUT2D eigenvalue weighted by Gasteiger charge is 2.38. The maximum atomic E-state index is 12.6. The van der Waals surface area contributed by atoms with Crippen LogP contribution in [0.1, 0.15) is 5.69 Å². The summed E-state index contributed by atoms with van der Waals surface area (Å²) in [5.41, 5.74) is -1.00. The Hall–Kier alpha value is -1.31. The van der Waals surface area contributed by atoms with E-state index in [1.165, 1.54) is 17.0 Å². The first-order valence-corrected chi connectivity index (χ1v) is 5.80. The minimum atomic E-state index is -4.54. The smallest absolute Gasteiger partial charge is 0.434 e. The van der Waals surface area contributed by atoms with Gasteiger partial charge in [-0.2, -0.15) is 13.2 Å². The van der Waals surface area contributed by atoms with Crippen molar-refractivity contribution in [1.29, 1.82) is 0 Å². The number of carboxylic acid groups (broad SMARTS) is 1. The average Bonchev–Trinajstić information content (AvgIpc) is 2.15. The quantitative estimate of drug-likeness (QED) is 0.907. The predicted octanol–water partition coefficient (Wildman–Crippen LogP) is 2.38. The second-order valence-corrected chi connectivity index (χ2v) is 4.79. The van der Waals surface area contributed by atoms with Gasteiger partial charge in [-0.25, -0.2) is 4.98 Å². The normalized spacial score (nSPS) is 16.6. The molecule has 98 valence electrons. The third-order valence-electron chi connectivity index (χ3n) is 2.65. The van der Waals surface area contributed by atoms with Crippen molar-refractivity contribution < 1.29 is 23.1 Å². The Morgan fingerprint density at radius 3 is 2.56 bits per heavy atom. The summed E-state index contributed by atoms with van der Waals surface area (Å²) < 4.78 is 37.7. The molecule has 1 aromatic heterocycles. The number of aromatic nitrogens is 1. The molecule has 0 unspecified atom stereocenters. The number of carboxylic acids is 1. The summed E-state index contributed by atoms with van der Waals surface area (Å²) in [4.78, 5) is 15.6. The van der Waals surface area contributed by atoms with E-state index in [0.717, 1.165) is 0 Å². The largest absolute Gasteiger partial charge is 0.481 e. The first-order valence-electron chi connectivity index (χ1n) is 5.00. The lowest BCUT2D eigenvalue weighted by Gasteiger charge is -2.37. The van der Waals surface area contributed by atoms with Gasteiger partial charge in [0.05, 0.1) is 5.92 Å². The highest BCUT2D eigenvalue weighted by molar-refractivity contribution is 9.10. The third-order valence-corrected chi connectivity index (χ3v) is 3.29. The summed E-state index contributed by atoms with van der Waals surface area (Å²) in [7, 11) is 0. The Balaban J connectivity index is 2.19. The summed E-state index contributed by atoms with van der Waals surface area (Å²) in [5.74, 6) is -1.34. The van der Waals surface area contributed by atoms with Crippen LogP contribution in [0.5, 0.6) is 0 Å². The van der Waals surface area contributed by atoms with E-state index in [9.17, 15) is 18.0 Å². The van der Waals surface area contributed by atoms with Gasteiger partial charge in [0.25, 0.3) is 0 Å². The minimum absolute atomic E-state index is 0.131. The van der Waals surface area contributed by atoms with Crippen LogP contribution in [0, 0.1) is 5.92 Å². The lowest BCUT2D eigenvalue weighted by Crippen LogP contribution is -2.50. The van der Waals surface area contributed by atoms with Crippen molar-refractivity contribution in [3.63, 3.8) is 0 Å². The zero-order valence-electron chi connectivity index (χ0n) is 8.91. The molecule has 1 aliphatic heterocycles. The molecule has 18 heavy (non-hydrogen) atoms. The zero-order valence-corrected chi connectivity index (χ0v) is 10.5. The number of aliphatic carboxylic acids is 1. The van der Waals surface area contributed by atoms with Gasteiger partial charge >= 0.3 is 12.1 Å². The van der Waals surface area contributed by atoms with E-state index < -0.39 is 23.8 Å². The maximum Gasteiger partial charge on any atom is 0.434 e. The number of hydrogen-bond donors (Lipinski definition) is 1. The van der Waals surface area contributed by atoms with E-state index in [1.807, 2.05) is 0 Å². The molecule has 8 heteroatoms. The number of pyridine rings is 1. The Morgan fingerprint density at radius 1 is 1.44 bits per heavy atom. The molecule has 4 nitrogen and oxygen atoms in total. The van der Waals surface area contributed by atoms with Crippen molar-refractivity contribution >= 4 is 27.7 Å². The number of carbonyl (C=O) groups is 1. The van der Waals surface area contributed by atoms with Crippen molar-refractivity contribution in [2.45, 2.75) is 6.18 Å². The number of rotatable bonds is 2. The van der Waals surface area contributed by atoms with Crippen molar-refractivity contribution in [3.8, 4) is 0 Å². The van der Waals surface area contributed by atoms with Crippen molar-refractivity contribution in [2.75, 3.05) is 18.0 Å². The molecule has 1 N–H and O–H groups in total. The molecule has 0 aromatic carbocycles. The van der Waals surface area contributed by atoms with E-state index in [-0.39, 0.29) is 23.4 Å². The van der Waals surface area contributed by atoms with Gasteiger partial charge in [-0.15, -0.1) is 0 Å². The van der Waals surface area contributed by atoms with E-state index in [0.29, 0.717) is 0 Å². The SMILES string of the molecule is O=C(O)C1CN(c2ccc(Br)c(C(F)(F)F)n2)C1. The third kappa shape index (κ3) is 2.43. The topological polar surface area (TPSA) is 53.4 Å². The summed E-state index contributed by atoms with van der Waals surface area (Å²) in [6.45, 7) is 0.364. The van der Waals surface area contributed by atoms with Crippen LogP contribution >= 0.6 is 15.9 Å². The monoisotopic (exact) mass is 324 g/mol. The lowest BCUT2D eigenvalue weighted by atomic mass is 10.0. The zero-order chi connectivity index (χ0) is 13.5. The van der Waals surface area contributed by atoms with Crippen LogP contribution in [0.25, 0.3) is 0 Å². The molecule has 2 rings (SSSR count). The molecule has 0 radical (unpaired) electrons. The standard InChI is InChI=1S/C10H8BrF3N2O2/c11-6-1-2-7(15-8(6)10(12,13)14)16-3-5(4-16)9(17)18/h1-2,5H,3-4H2,(H,17,18). The fourth-order valence-corrected chi connectivity index (χ4v) is 2.07. The summed E-state index contributed by atoms with van der Waals surface area (Å²) in [6.07, 6.45) is -4.54. The lowest BCUT2D eigenvalue weighted by molar-refractivity contribution is -0.143. The summed E-state index contributed by atoms with van der Waals surface area (Å²) >= 11 is 2.80. The molecule has 1 fully saturated rings. The highest BCUT2D eigenvalue weighted by atomic mass is 79.9. The second-order valence-electron chi connectivity index (χ2n) is 3.94. The Bertz CT molecular complexity index is 487. The molecular formula is C10H8BrF3N2O2. The molecule has 2 heterocycles. The van der Waals surface area contributed by atoms with Crippen LogP contribution in [-0.2, 0) is 11.0 Å². The van der Waals surface area contributed by atoms with Gasteiger partial charge < -0.3 is 10.0 Å². The van der Waals surface area contributed by atoms with E-state index in [4.69, 9.17) is 5.11 Å². The van der Waals surface area contributed by atoms with Crippen LogP contribution in [0.3, 0.4) is 0 Å². The number of halogens is 4. The van der Waals surface area contributed by atoms with Crippen LogP contribution in [0.4, 0.5) is 19.0 Å². The van der Waals surface area contributed by atoms with Crippen molar-refractivity contribution in [3.05, 3.63) is 22.3 Å². The molecule has 0 aliphatic carbocycles. The Kier molecular flexibility index (Phi) is 3.22. The van der Waals surface area contributed by atoms with Crippen LogP contribution in [0.2, 0.25) is 0 Å². The van der Waals surface area contributed by atoms with Gasteiger partial charge in [-0.1, -0.05) is 0 Å². The number of hydrogen-bond acceptors (Lipinski definition) is 3. The molecule has 0 saturated carbocycles. The fraction of sp³-hybridized carbons (Fsp3) is 0.400. The van der Waals surface area contributed by atoms with Gasteiger partial charge in [0.2, 0.25) is 0 Å². The van der Waals surface area contributed by atoms with Gasteiger partial charge in [-0.3, -0.25) is 4.79 Å². The molecule has 1 aliphatic rings. The van der Waals surface area contributed by atoms with Crippen molar-refractivity contribution in [1.82, 2.24) is 4.98 Å². The predicted molar refractivity (Wildman–Crippen MR) is 60.3 cm³/mol. The first-order chi connectivity index (χ1) is 8.29. The van der Waals surface area contributed by atoms with Gasteiger partial charge in [0, 0.05) is 17.6 Å². The Morgan fingerprint density at radius 2 is 2.06 bits per heavy atom. The van der Waals surface area contributed by atoms with Gasteiger partial charge in [0.15, 0.2) is 5.69 Å². The van der Waals surface area contributed by atoms with Gasteiger partial charge in [0.1, 0.15) is 5.82 Å². The molecule has 1 saturated heterocycles. The molecule has 0 atom stereocenters. The first kappa shape index (κ1) is 13.1. The van der Waals surface area contributed by atoms with E-state index in [2.05, 4.69) is 20.9 Å². The van der Waals surface area contributed by atoms with Crippen LogP contribution in [0.15, 0.2) is 16.6 Å². The summed E-state index contributed by atoms with van der Waals surface area (Å²) in [5, 5.41) is 8.69. The fourth-order valence-electron chi connectivity index (χ4n) is 1.63. The molecule has 0 bridgehead atoms. The number of anilines is 1. The molecule has 1 aromatic rings. The second kappa shape index (κ2) is 4.42. The number of alkyl halides is 3. The van der Waals surface area contributed by atoms with Crippen molar-refractivity contribution in [2.24, 2.45) is 5.92 Å². The Labute approximate surface area is 109 Å². The van der Waals surface area contributed by atoms with E-state index >= 15 is 0 Å². The average molecular weight is 325 g/mol. The van der Waals surface area contributed by atoms with E-state index in [1.54, 1.807) is 0 Å². The molecular weight excluding hydrogens is 317 g/mol. The molecule has 0 amide bonds. The van der Waals surface area contributed by atoms with Crippen LogP contribution in [-0.4, -0.2) is 29.1 Å².